The van der Waals surface area contributed by atoms with Crippen molar-refractivity contribution in [3.05, 3.63) is 12.2 Å². The Morgan fingerprint density at radius 2 is 2.40 bits per heavy atom. The molecule has 2 nitrogen and oxygen atoms in total. The Bertz CT molecular complexity index is 245. The molecule has 0 aromatic heterocycles. The molecule has 2 heteroatoms. The van der Waals surface area contributed by atoms with Crippen LogP contribution < -0.4 is 5.32 Å². The van der Waals surface area contributed by atoms with Crippen LogP contribution in [0.25, 0.3) is 0 Å². The predicted molar refractivity (Wildman–Crippen MR) is 60.7 cm³/mol. The van der Waals surface area contributed by atoms with Gasteiger partial charge in [0.1, 0.15) is 0 Å². The first kappa shape index (κ1) is 9.86. The molecular weight excluding hydrogens is 186 g/mol. The molecule has 1 saturated heterocycles. The van der Waals surface area contributed by atoms with Gasteiger partial charge in [0.2, 0.25) is 0 Å². The summed E-state index contributed by atoms with van der Waals surface area (Å²) in [6, 6.07) is 0.773. The molecular formula is C13H21NO. The number of hydrogen-bond acceptors (Lipinski definition) is 2. The minimum Gasteiger partial charge on any atom is -0.378 e. The van der Waals surface area contributed by atoms with Crippen molar-refractivity contribution in [2.45, 2.75) is 44.2 Å². The lowest BCUT2D eigenvalue weighted by molar-refractivity contribution is 0.0973. The molecule has 1 aliphatic heterocycles. The van der Waals surface area contributed by atoms with Crippen molar-refractivity contribution in [3.63, 3.8) is 0 Å². The van der Waals surface area contributed by atoms with Crippen molar-refractivity contribution < 1.29 is 4.74 Å². The highest BCUT2D eigenvalue weighted by molar-refractivity contribution is 5.12. The van der Waals surface area contributed by atoms with E-state index in [-0.39, 0.29) is 0 Å². The summed E-state index contributed by atoms with van der Waals surface area (Å²) >= 11 is 0. The molecule has 4 unspecified atom stereocenters. The van der Waals surface area contributed by atoms with Crippen LogP contribution in [0.2, 0.25) is 0 Å². The van der Waals surface area contributed by atoms with Gasteiger partial charge in [0, 0.05) is 12.6 Å². The van der Waals surface area contributed by atoms with E-state index in [9.17, 15) is 0 Å². The van der Waals surface area contributed by atoms with Crippen LogP contribution >= 0.6 is 0 Å². The first-order chi connectivity index (χ1) is 7.43. The van der Waals surface area contributed by atoms with Crippen LogP contribution in [0.1, 0.15) is 32.1 Å². The molecule has 0 aromatic rings. The highest BCUT2D eigenvalue weighted by Gasteiger charge is 2.40. The van der Waals surface area contributed by atoms with Crippen molar-refractivity contribution in [2.75, 3.05) is 13.2 Å². The Morgan fingerprint density at radius 1 is 1.40 bits per heavy atom. The first-order valence-electron chi connectivity index (χ1n) is 6.45. The van der Waals surface area contributed by atoms with Crippen LogP contribution in [0.5, 0.6) is 0 Å². The summed E-state index contributed by atoms with van der Waals surface area (Å²) in [6.07, 6.45) is 11.8. The Hall–Kier alpha value is -0.340. The fourth-order valence-corrected chi connectivity index (χ4v) is 3.25. The summed E-state index contributed by atoms with van der Waals surface area (Å²) in [5.41, 5.74) is 0. The molecule has 0 radical (unpaired) electrons. The van der Waals surface area contributed by atoms with Gasteiger partial charge in [-0.05, 0) is 50.5 Å². The van der Waals surface area contributed by atoms with Crippen molar-refractivity contribution in [3.8, 4) is 0 Å². The molecule has 84 valence electrons. The highest BCUT2D eigenvalue weighted by Crippen LogP contribution is 2.42. The third-order valence-electron chi connectivity index (χ3n) is 4.26. The van der Waals surface area contributed by atoms with E-state index in [2.05, 4.69) is 17.5 Å². The average Bonchev–Trinajstić information content (AvgIpc) is 2.82. The normalized spacial score (nSPS) is 42.9. The van der Waals surface area contributed by atoms with Crippen LogP contribution in [0.15, 0.2) is 12.2 Å². The zero-order chi connectivity index (χ0) is 10.1. The van der Waals surface area contributed by atoms with Gasteiger partial charge in [0.25, 0.3) is 0 Å². The molecule has 1 heterocycles. The van der Waals surface area contributed by atoms with Gasteiger partial charge < -0.3 is 10.1 Å². The molecule has 3 rings (SSSR count). The molecule has 1 N–H and O–H groups in total. The lowest BCUT2D eigenvalue weighted by Gasteiger charge is -2.41. The summed E-state index contributed by atoms with van der Waals surface area (Å²) in [7, 11) is 0. The Kier molecular flexibility index (Phi) is 2.80. The van der Waals surface area contributed by atoms with E-state index < -0.39 is 0 Å². The molecule has 2 aliphatic carbocycles. The molecule has 2 fully saturated rings. The maximum Gasteiger partial charge on any atom is 0.0588 e. The number of nitrogens with one attached hydrogen (secondary N) is 1. The van der Waals surface area contributed by atoms with Gasteiger partial charge >= 0.3 is 0 Å². The summed E-state index contributed by atoms with van der Waals surface area (Å²) in [4.78, 5) is 0. The van der Waals surface area contributed by atoms with Gasteiger partial charge in [-0.25, -0.2) is 0 Å². The molecule has 4 atom stereocenters. The third-order valence-corrected chi connectivity index (χ3v) is 4.26. The second kappa shape index (κ2) is 4.26. The van der Waals surface area contributed by atoms with Gasteiger partial charge in [-0.3, -0.25) is 0 Å². The topological polar surface area (TPSA) is 21.3 Å². The van der Waals surface area contributed by atoms with Crippen LogP contribution in [0.4, 0.5) is 0 Å². The summed E-state index contributed by atoms with van der Waals surface area (Å²) in [6.45, 7) is 2.13. The predicted octanol–water partition coefficient (Wildman–Crippen LogP) is 2.11. The van der Waals surface area contributed by atoms with Gasteiger partial charge in [-0.15, -0.1) is 0 Å². The fraction of sp³-hybridized carbons (Fsp3) is 0.846. The lowest BCUT2D eigenvalue weighted by Crippen LogP contribution is -2.48. The van der Waals surface area contributed by atoms with E-state index in [4.69, 9.17) is 4.74 Å². The monoisotopic (exact) mass is 207 g/mol. The molecule has 0 spiro atoms. The summed E-state index contributed by atoms with van der Waals surface area (Å²) in [5, 5.41) is 3.69. The quantitative estimate of drug-likeness (QED) is 0.713. The maximum atomic E-state index is 5.62. The number of rotatable bonds is 4. The van der Waals surface area contributed by atoms with Crippen LogP contribution in [-0.4, -0.2) is 25.3 Å². The number of allylic oxidation sites excluding steroid dienone is 1. The van der Waals surface area contributed by atoms with E-state index in [0.29, 0.717) is 6.10 Å². The van der Waals surface area contributed by atoms with E-state index in [1.807, 2.05) is 0 Å². The second-order valence-electron chi connectivity index (χ2n) is 5.22. The van der Waals surface area contributed by atoms with E-state index in [1.54, 1.807) is 0 Å². The molecule has 0 aromatic carbocycles. The second-order valence-corrected chi connectivity index (χ2v) is 5.22. The number of ether oxygens (including phenoxy) is 1. The van der Waals surface area contributed by atoms with Crippen molar-refractivity contribution in [1.82, 2.24) is 5.32 Å². The van der Waals surface area contributed by atoms with Gasteiger partial charge in [0.15, 0.2) is 0 Å². The molecule has 0 amide bonds. The minimum atomic E-state index is 0.549. The van der Waals surface area contributed by atoms with Gasteiger partial charge in [-0.2, -0.15) is 0 Å². The number of hydrogen-bond donors (Lipinski definition) is 1. The average molecular weight is 207 g/mol. The molecule has 15 heavy (non-hydrogen) atoms. The van der Waals surface area contributed by atoms with Gasteiger partial charge in [0.05, 0.1) is 6.10 Å². The standard InChI is InChI=1S/C13H21NO/c1-3-10-9-13(12(10)5-1)14-7-6-11-4-2-8-15-11/h1,5,10-14H,2-4,6-9H2. The zero-order valence-electron chi connectivity index (χ0n) is 9.32. The Morgan fingerprint density at radius 3 is 3.20 bits per heavy atom. The van der Waals surface area contributed by atoms with Crippen LogP contribution in [0, 0.1) is 11.8 Å². The molecule has 1 saturated carbocycles. The van der Waals surface area contributed by atoms with E-state index >= 15 is 0 Å². The van der Waals surface area contributed by atoms with Crippen molar-refractivity contribution in [1.29, 1.82) is 0 Å². The fourth-order valence-electron chi connectivity index (χ4n) is 3.25. The Labute approximate surface area is 92.1 Å². The largest absolute Gasteiger partial charge is 0.378 e. The molecule has 0 bridgehead atoms. The van der Waals surface area contributed by atoms with E-state index in [0.717, 1.165) is 31.0 Å². The van der Waals surface area contributed by atoms with Crippen LogP contribution in [-0.2, 0) is 4.74 Å². The lowest BCUT2D eigenvalue weighted by atomic mass is 9.71. The number of fused-ring (bicyclic) bond motifs is 1. The Balaban J connectivity index is 1.34. The maximum absolute atomic E-state index is 5.62. The highest BCUT2D eigenvalue weighted by atomic mass is 16.5. The smallest absolute Gasteiger partial charge is 0.0588 e. The molecule has 3 aliphatic rings. The van der Waals surface area contributed by atoms with Crippen LogP contribution in [0.3, 0.4) is 0 Å². The SMILES string of the molecule is C1=CC2C(C1)CC2NCCC1CCCO1. The summed E-state index contributed by atoms with van der Waals surface area (Å²) in [5.74, 6) is 1.83. The minimum absolute atomic E-state index is 0.549. The third kappa shape index (κ3) is 1.98. The first-order valence-corrected chi connectivity index (χ1v) is 6.45. The van der Waals surface area contributed by atoms with E-state index in [1.165, 1.54) is 32.1 Å². The van der Waals surface area contributed by atoms with Crippen molar-refractivity contribution >= 4 is 0 Å². The van der Waals surface area contributed by atoms with Crippen molar-refractivity contribution in [2.24, 2.45) is 11.8 Å². The van der Waals surface area contributed by atoms with Gasteiger partial charge in [-0.1, -0.05) is 12.2 Å². The summed E-state index contributed by atoms with van der Waals surface area (Å²) < 4.78 is 5.62. The zero-order valence-corrected chi connectivity index (χ0v) is 9.32.